The molecule has 5 heteroatoms. The summed E-state index contributed by atoms with van der Waals surface area (Å²) in [5.74, 6) is -1.95. The van der Waals surface area contributed by atoms with E-state index in [2.05, 4.69) is 0 Å². The molecule has 19 heavy (non-hydrogen) atoms. The zero-order valence-electron chi connectivity index (χ0n) is 10.0. The number of carboxylic acids is 2. The van der Waals surface area contributed by atoms with Gasteiger partial charge in [0.25, 0.3) is 0 Å². The quantitative estimate of drug-likeness (QED) is 0.780. The van der Waals surface area contributed by atoms with E-state index >= 15 is 0 Å². The molecule has 0 saturated carbocycles. The highest BCUT2D eigenvalue weighted by Gasteiger charge is 2.14. The molecule has 0 aliphatic carbocycles. The topological polar surface area (TPSA) is 74.6 Å². The van der Waals surface area contributed by atoms with E-state index in [0.29, 0.717) is 0 Å². The molecule has 0 fully saturated rings. The second-order valence-corrected chi connectivity index (χ2v) is 5.98. The third-order valence-electron chi connectivity index (χ3n) is 2.88. The fourth-order valence-electron chi connectivity index (χ4n) is 1.97. The van der Waals surface area contributed by atoms with Crippen molar-refractivity contribution in [3.63, 3.8) is 0 Å². The van der Waals surface area contributed by atoms with Gasteiger partial charge in [-0.1, -0.05) is 36.4 Å². The maximum absolute atomic E-state index is 11.1. The molecule has 0 amide bonds. The Labute approximate surface area is 112 Å². The van der Waals surface area contributed by atoms with Gasteiger partial charge in [-0.15, -0.1) is 0 Å². The van der Waals surface area contributed by atoms with Gasteiger partial charge in [-0.3, -0.25) is 0 Å². The molecule has 4 nitrogen and oxygen atoms in total. The minimum absolute atomic E-state index is 0.259. The minimum atomic E-state index is -1.14. The van der Waals surface area contributed by atoms with Crippen molar-refractivity contribution < 1.29 is 19.8 Å². The summed E-state index contributed by atoms with van der Waals surface area (Å²) >= 11 is 0. The number of carbonyl (C=O) groups is 2. The third kappa shape index (κ3) is 2.89. The van der Waals surface area contributed by atoms with Crippen molar-refractivity contribution in [2.24, 2.45) is 0 Å². The lowest BCUT2D eigenvalue weighted by atomic mass is 10.2. The Morgan fingerprint density at radius 2 is 1.11 bits per heavy atom. The Morgan fingerprint density at radius 3 is 1.47 bits per heavy atom. The van der Waals surface area contributed by atoms with Gasteiger partial charge in [-0.2, -0.15) is 0 Å². The average molecular weight is 272 g/mol. The van der Waals surface area contributed by atoms with Gasteiger partial charge in [0.2, 0.25) is 0 Å². The standard InChI is InChI=1S/C14H12O4Si/c15-13(16)9-5-1-3-7-11(9)19-12-8-4-2-6-10(12)14(17)18/h1-8H,19H2,(H,15,16)(H,17,18). The highest BCUT2D eigenvalue weighted by atomic mass is 28.2. The van der Waals surface area contributed by atoms with Crippen molar-refractivity contribution in [2.75, 3.05) is 0 Å². The summed E-state index contributed by atoms with van der Waals surface area (Å²) in [5, 5.41) is 19.7. The van der Waals surface area contributed by atoms with E-state index in [4.69, 9.17) is 10.2 Å². The molecule has 2 aromatic rings. The minimum Gasteiger partial charge on any atom is -0.478 e. The summed E-state index contributed by atoms with van der Waals surface area (Å²) in [6.07, 6.45) is 0. The molecule has 0 heterocycles. The zero-order chi connectivity index (χ0) is 13.8. The molecule has 0 bridgehead atoms. The van der Waals surface area contributed by atoms with Gasteiger partial charge in [0.1, 0.15) is 0 Å². The average Bonchev–Trinajstić information content (AvgIpc) is 2.39. The third-order valence-corrected chi connectivity index (χ3v) is 4.87. The predicted molar refractivity (Wildman–Crippen MR) is 74.6 cm³/mol. The molecule has 0 atom stereocenters. The fraction of sp³-hybridized carbons (Fsp3) is 0. The van der Waals surface area contributed by atoms with Crippen molar-refractivity contribution in [1.29, 1.82) is 0 Å². The second kappa shape index (κ2) is 5.49. The van der Waals surface area contributed by atoms with Crippen molar-refractivity contribution in [3.8, 4) is 0 Å². The van der Waals surface area contributed by atoms with Gasteiger partial charge in [0.05, 0.1) is 20.6 Å². The van der Waals surface area contributed by atoms with Gasteiger partial charge in [0.15, 0.2) is 0 Å². The molecule has 0 aliphatic heterocycles. The van der Waals surface area contributed by atoms with Crippen molar-refractivity contribution >= 4 is 31.8 Å². The Kier molecular flexibility index (Phi) is 3.77. The summed E-state index contributed by atoms with van der Waals surface area (Å²) in [6.45, 7) is 0. The van der Waals surface area contributed by atoms with Crippen molar-refractivity contribution in [1.82, 2.24) is 0 Å². The van der Waals surface area contributed by atoms with E-state index in [0.717, 1.165) is 10.4 Å². The number of rotatable bonds is 4. The van der Waals surface area contributed by atoms with E-state index in [-0.39, 0.29) is 11.1 Å². The fourth-order valence-corrected chi connectivity index (χ4v) is 3.81. The van der Waals surface area contributed by atoms with E-state index < -0.39 is 21.5 Å². The van der Waals surface area contributed by atoms with Crippen LogP contribution in [0, 0.1) is 0 Å². The van der Waals surface area contributed by atoms with Crippen LogP contribution in [0.25, 0.3) is 0 Å². The second-order valence-electron chi connectivity index (χ2n) is 4.10. The summed E-state index contributed by atoms with van der Waals surface area (Å²) in [4.78, 5) is 22.3. The molecule has 0 saturated heterocycles. The molecule has 0 unspecified atom stereocenters. The van der Waals surface area contributed by atoms with E-state index in [1.807, 2.05) is 0 Å². The summed E-state index contributed by atoms with van der Waals surface area (Å²) in [7, 11) is -1.14. The molecular weight excluding hydrogens is 260 g/mol. The number of carboxylic acid groups (broad SMARTS) is 2. The zero-order valence-corrected chi connectivity index (χ0v) is 11.5. The van der Waals surface area contributed by atoms with Crippen molar-refractivity contribution in [3.05, 3.63) is 59.7 Å². The van der Waals surface area contributed by atoms with Gasteiger partial charge in [-0.25, -0.2) is 9.59 Å². The molecular formula is C14H12O4Si. The first-order valence-electron chi connectivity index (χ1n) is 5.72. The van der Waals surface area contributed by atoms with Crippen LogP contribution in [-0.2, 0) is 0 Å². The van der Waals surface area contributed by atoms with Crippen LogP contribution in [0.2, 0.25) is 0 Å². The maximum atomic E-state index is 11.1. The lowest BCUT2D eigenvalue weighted by molar-refractivity contribution is 0.0688. The Hall–Kier alpha value is -2.40. The SMILES string of the molecule is O=C(O)c1ccccc1[SiH2]c1ccccc1C(=O)O. The number of hydrogen-bond acceptors (Lipinski definition) is 2. The smallest absolute Gasteiger partial charge is 0.335 e. The first kappa shape index (κ1) is 13.0. The molecule has 2 rings (SSSR count). The van der Waals surface area contributed by atoms with Crippen LogP contribution in [0.1, 0.15) is 20.7 Å². The molecule has 0 radical (unpaired) electrons. The van der Waals surface area contributed by atoms with Crippen LogP contribution in [0.5, 0.6) is 0 Å². The summed E-state index contributed by atoms with van der Waals surface area (Å²) in [6, 6.07) is 13.5. The normalized spacial score (nSPS) is 10.1. The van der Waals surface area contributed by atoms with Crippen LogP contribution in [0.15, 0.2) is 48.5 Å². The Bertz CT molecular complexity index is 581. The monoisotopic (exact) mass is 272 g/mol. The number of aromatic carboxylic acids is 2. The Morgan fingerprint density at radius 1 is 0.737 bits per heavy atom. The van der Waals surface area contributed by atoms with Crippen LogP contribution in [0.3, 0.4) is 0 Å². The van der Waals surface area contributed by atoms with Gasteiger partial charge >= 0.3 is 11.9 Å². The van der Waals surface area contributed by atoms with E-state index in [1.165, 1.54) is 0 Å². The maximum Gasteiger partial charge on any atom is 0.335 e. The van der Waals surface area contributed by atoms with E-state index in [9.17, 15) is 9.59 Å². The molecule has 0 spiro atoms. The Balaban J connectivity index is 2.42. The van der Waals surface area contributed by atoms with Crippen LogP contribution >= 0.6 is 0 Å². The molecule has 0 aromatic heterocycles. The number of hydrogen-bond donors (Lipinski definition) is 2. The number of benzene rings is 2. The highest BCUT2D eigenvalue weighted by molar-refractivity contribution is 6.69. The van der Waals surface area contributed by atoms with Crippen molar-refractivity contribution in [2.45, 2.75) is 0 Å². The highest BCUT2D eigenvalue weighted by Crippen LogP contribution is 1.99. The summed E-state index contributed by atoms with van der Waals surface area (Å²) < 4.78 is 0. The van der Waals surface area contributed by atoms with Gasteiger partial charge < -0.3 is 10.2 Å². The predicted octanol–water partition coefficient (Wildman–Crippen LogP) is 0.203. The largest absolute Gasteiger partial charge is 0.478 e. The van der Waals surface area contributed by atoms with Crippen LogP contribution < -0.4 is 10.4 Å². The van der Waals surface area contributed by atoms with Gasteiger partial charge in [-0.05, 0) is 22.5 Å². The molecule has 96 valence electrons. The first-order valence-corrected chi connectivity index (χ1v) is 7.13. The molecule has 2 N–H and O–H groups in total. The lowest BCUT2D eigenvalue weighted by Gasteiger charge is -2.08. The first-order chi connectivity index (χ1) is 9.09. The van der Waals surface area contributed by atoms with E-state index in [1.54, 1.807) is 48.5 Å². The summed E-state index contributed by atoms with van der Waals surface area (Å²) in [5.41, 5.74) is 0.517. The lowest BCUT2D eigenvalue weighted by Crippen LogP contribution is -2.34. The van der Waals surface area contributed by atoms with Gasteiger partial charge in [0, 0.05) is 0 Å². The molecule has 0 aliphatic rings. The van der Waals surface area contributed by atoms with Crippen LogP contribution in [0.4, 0.5) is 0 Å². The van der Waals surface area contributed by atoms with Crippen LogP contribution in [-0.4, -0.2) is 31.7 Å². The molecule has 2 aromatic carbocycles.